The van der Waals surface area contributed by atoms with Crippen LogP contribution in [-0.2, 0) is 6.18 Å². The van der Waals surface area contributed by atoms with Crippen LogP contribution in [0.3, 0.4) is 0 Å². The zero-order valence-electron chi connectivity index (χ0n) is 22.9. The third-order valence-corrected chi connectivity index (χ3v) is 7.86. The summed E-state index contributed by atoms with van der Waals surface area (Å²) in [6.07, 6.45) is -3.39. The zero-order valence-corrected chi connectivity index (χ0v) is 22.9. The van der Waals surface area contributed by atoms with Crippen LogP contribution in [0.4, 0.5) is 27.8 Å². The molecule has 2 aliphatic rings. The van der Waals surface area contributed by atoms with E-state index in [2.05, 4.69) is 32.1 Å². The highest BCUT2D eigenvalue weighted by atomic mass is 19.4. The fourth-order valence-electron chi connectivity index (χ4n) is 5.37. The standard InChI is InChI=1S/C28H32F5N7O/c1-18-3-5-21-20(4-6-23(37-21)40-13-11-38(2)12-14-40)24(18)25(41)34-17-22(39-9-7-27(29,30)8-10-39)19-15-35-26(36-16-19)28(31,32)33/h3-6,15-16,22H,7-14,17H2,1-2H3,(H,34,41). The quantitative estimate of drug-likeness (QED) is 0.438. The first-order valence-corrected chi connectivity index (χ1v) is 13.5. The van der Waals surface area contributed by atoms with Gasteiger partial charge in [0.05, 0.1) is 17.1 Å². The number of benzene rings is 1. The van der Waals surface area contributed by atoms with Crippen molar-refractivity contribution in [3.63, 3.8) is 0 Å². The lowest BCUT2D eigenvalue weighted by atomic mass is 10.00. The van der Waals surface area contributed by atoms with E-state index in [1.165, 1.54) is 0 Å². The number of hydrogen-bond acceptors (Lipinski definition) is 7. The summed E-state index contributed by atoms with van der Waals surface area (Å²) >= 11 is 0. The highest BCUT2D eigenvalue weighted by Gasteiger charge is 2.38. The van der Waals surface area contributed by atoms with E-state index in [0.29, 0.717) is 22.0 Å². The number of aromatic nitrogens is 3. The van der Waals surface area contributed by atoms with Crippen LogP contribution in [-0.4, -0.2) is 89.4 Å². The van der Waals surface area contributed by atoms with Crippen LogP contribution in [0.1, 0.15) is 46.2 Å². The maximum Gasteiger partial charge on any atom is 0.451 e. The molecule has 4 heterocycles. The van der Waals surface area contributed by atoms with E-state index in [1.54, 1.807) is 4.90 Å². The molecular weight excluding hydrogens is 545 g/mol. The topological polar surface area (TPSA) is 77.5 Å². The number of hydrogen-bond donors (Lipinski definition) is 1. The average molecular weight is 578 g/mol. The molecule has 220 valence electrons. The molecule has 5 rings (SSSR count). The number of halogens is 5. The van der Waals surface area contributed by atoms with Crippen LogP contribution in [0.5, 0.6) is 0 Å². The molecule has 2 aromatic heterocycles. The van der Waals surface area contributed by atoms with Crippen molar-refractivity contribution in [1.82, 2.24) is 30.1 Å². The fourth-order valence-corrected chi connectivity index (χ4v) is 5.37. The van der Waals surface area contributed by atoms with Crippen molar-refractivity contribution in [2.24, 2.45) is 0 Å². The Kier molecular flexibility index (Phi) is 8.11. The lowest BCUT2D eigenvalue weighted by Crippen LogP contribution is -2.45. The number of aryl methyl sites for hydroxylation is 1. The van der Waals surface area contributed by atoms with Crippen molar-refractivity contribution in [3.8, 4) is 0 Å². The molecule has 2 fully saturated rings. The van der Waals surface area contributed by atoms with Crippen molar-refractivity contribution in [2.45, 2.75) is 37.9 Å². The fraction of sp³-hybridized carbons (Fsp3) is 0.500. The largest absolute Gasteiger partial charge is 0.451 e. The van der Waals surface area contributed by atoms with Crippen LogP contribution in [0, 0.1) is 6.92 Å². The highest BCUT2D eigenvalue weighted by molar-refractivity contribution is 6.07. The first-order valence-electron chi connectivity index (χ1n) is 13.5. The zero-order chi connectivity index (χ0) is 29.4. The van der Waals surface area contributed by atoms with Crippen LogP contribution in [0.2, 0.25) is 0 Å². The molecule has 0 bridgehead atoms. The second-order valence-corrected chi connectivity index (χ2v) is 10.7. The van der Waals surface area contributed by atoms with Crippen LogP contribution in [0.25, 0.3) is 10.9 Å². The number of carbonyl (C=O) groups excluding carboxylic acids is 1. The number of piperazine rings is 1. The number of pyridine rings is 1. The van der Waals surface area contributed by atoms with Gasteiger partial charge in [-0.25, -0.2) is 23.7 Å². The van der Waals surface area contributed by atoms with Crippen molar-refractivity contribution in [3.05, 3.63) is 59.2 Å². The molecule has 1 amide bonds. The molecule has 8 nitrogen and oxygen atoms in total. The summed E-state index contributed by atoms with van der Waals surface area (Å²) in [4.78, 5) is 31.4. The average Bonchev–Trinajstić information content (AvgIpc) is 2.93. The van der Waals surface area contributed by atoms with Gasteiger partial charge in [0.15, 0.2) is 0 Å². The molecule has 41 heavy (non-hydrogen) atoms. The number of rotatable bonds is 6. The molecule has 1 aromatic carbocycles. The molecule has 0 radical (unpaired) electrons. The predicted octanol–water partition coefficient (Wildman–Crippen LogP) is 4.31. The van der Waals surface area contributed by atoms with Gasteiger partial charge in [-0.1, -0.05) is 6.07 Å². The maximum atomic E-state index is 13.9. The van der Waals surface area contributed by atoms with Gasteiger partial charge in [-0.15, -0.1) is 0 Å². The Morgan fingerprint density at radius 3 is 2.29 bits per heavy atom. The van der Waals surface area contributed by atoms with E-state index in [1.807, 2.05) is 31.2 Å². The van der Waals surface area contributed by atoms with Gasteiger partial charge in [-0.05, 0) is 37.7 Å². The van der Waals surface area contributed by atoms with E-state index < -0.39 is 24.0 Å². The van der Waals surface area contributed by atoms with Gasteiger partial charge in [0, 0.05) is 82.0 Å². The van der Waals surface area contributed by atoms with Crippen molar-refractivity contribution in [2.75, 3.05) is 57.8 Å². The lowest BCUT2D eigenvalue weighted by Gasteiger charge is -2.37. The van der Waals surface area contributed by atoms with E-state index in [0.717, 1.165) is 50.0 Å². The van der Waals surface area contributed by atoms with Gasteiger partial charge in [-0.3, -0.25) is 9.69 Å². The normalized spacial score (nSPS) is 19.3. The number of nitrogens with one attached hydrogen (secondary N) is 1. The number of fused-ring (bicyclic) bond motifs is 1. The van der Waals surface area contributed by atoms with E-state index in [9.17, 15) is 26.7 Å². The van der Waals surface area contributed by atoms with Crippen LogP contribution < -0.4 is 10.2 Å². The summed E-state index contributed by atoms with van der Waals surface area (Å²) in [6.45, 7) is 5.39. The monoisotopic (exact) mass is 577 g/mol. The van der Waals surface area contributed by atoms with Crippen molar-refractivity contribution >= 4 is 22.6 Å². The molecule has 0 spiro atoms. The molecule has 2 saturated heterocycles. The summed E-state index contributed by atoms with van der Waals surface area (Å²) in [7, 11) is 2.08. The molecule has 0 aliphatic carbocycles. The number of likely N-dealkylation sites (N-methyl/N-ethyl adjacent to an activating group) is 1. The first-order chi connectivity index (χ1) is 19.4. The lowest BCUT2D eigenvalue weighted by molar-refractivity contribution is -0.145. The van der Waals surface area contributed by atoms with Gasteiger partial charge < -0.3 is 15.1 Å². The summed E-state index contributed by atoms with van der Waals surface area (Å²) in [6, 6.07) is 6.80. The highest BCUT2D eigenvalue weighted by Crippen LogP contribution is 2.33. The molecule has 0 saturated carbocycles. The minimum atomic E-state index is -4.71. The number of alkyl halides is 5. The number of amides is 1. The van der Waals surface area contributed by atoms with Crippen molar-refractivity contribution < 1.29 is 26.7 Å². The molecule has 13 heteroatoms. The van der Waals surface area contributed by atoms with E-state index >= 15 is 0 Å². The molecule has 3 aromatic rings. The number of likely N-dealkylation sites (tertiary alicyclic amines) is 1. The van der Waals surface area contributed by atoms with Crippen molar-refractivity contribution in [1.29, 1.82) is 0 Å². The maximum absolute atomic E-state index is 13.9. The Morgan fingerprint density at radius 2 is 1.66 bits per heavy atom. The first kappa shape index (κ1) is 29.1. The summed E-state index contributed by atoms with van der Waals surface area (Å²) < 4.78 is 66.8. The molecule has 1 unspecified atom stereocenters. The van der Waals surface area contributed by atoms with Crippen LogP contribution >= 0.6 is 0 Å². The van der Waals surface area contributed by atoms with Gasteiger partial charge >= 0.3 is 6.18 Å². The SMILES string of the molecule is Cc1ccc2nc(N3CCN(C)CC3)ccc2c1C(=O)NCC(c1cnc(C(F)(F)F)nc1)N1CCC(F)(F)CC1. The van der Waals surface area contributed by atoms with E-state index in [-0.39, 0.29) is 38.4 Å². The van der Waals surface area contributed by atoms with Gasteiger partial charge in [0.1, 0.15) is 5.82 Å². The summed E-state index contributed by atoms with van der Waals surface area (Å²) in [5.74, 6) is -3.65. The smallest absolute Gasteiger partial charge is 0.354 e. The van der Waals surface area contributed by atoms with E-state index in [4.69, 9.17) is 4.98 Å². The second kappa shape index (κ2) is 11.4. The van der Waals surface area contributed by atoms with Gasteiger partial charge in [0.2, 0.25) is 5.82 Å². The summed E-state index contributed by atoms with van der Waals surface area (Å²) in [5, 5.41) is 3.56. The van der Waals surface area contributed by atoms with Gasteiger partial charge in [0.25, 0.3) is 11.8 Å². The number of nitrogens with zero attached hydrogens (tertiary/aromatic N) is 6. The second-order valence-electron chi connectivity index (χ2n) is 10.7. The molecule has 1 N–H and O–H groups in total. The number of anilines is 1. The van der Waals surface area contributed by atoms with Crippen LogP contribution in [0.15, 0.2) is 36.7 Å². The number of carbonyl (C=O) groups is 1. The molecule has 2 aliphatic heterocycles. The third-order valence-electron chi connectivity index (χ3n) is 7.86. The predicted molar refractivity (Wildman–Crippen MR) is 144 cm³/mol. The Morgan fingerprint density at radius 1 is 1.00 bits per heavy atom. The Balaban J connectivity index is 1.37. The minimum absolute atomic E-state index is 0.0147. The molecular formula is C28H32F5N7O. The number of piperidine rings is 1. The molecule has 1 atom stereocenters. The Hall–Kier alpha value is -3.45. The third kappa shape index (κ3) is 6.56. The minimum Gasteiger partial charge on any atom is -0.354 e. The van der Waals surface area contributed by atoms with Gasteiger partial charge in [-0.2, -0.15) is 13.2 Å². The Labute approximate surface area is 234 Å². The Bertz CT molecular complexity index is 1380. The summed E-state index contributed by atoms with van der Waals surface area (Å²) in [5.41, 5.74) is 2.14.